The van der Waals surface area contributed by atoms with Crippen molar-refractivity contribution in [3.05, 3.63) is 28.8 Å². The van der Waals surface area contributed by atoms with Gasteiger partial charge in [0, 0.05) is 40.8 Å². The number of benzene rings is 1. The predicted molar refractivity (Wildman–Crippen MR) is 82.9 cm³/mol. The van der Waals surface area contributed by atoms with Gasteiger partial charge >= 0.3 is 0 Å². The summed E-state index contributed by atoms with van der Waals surface area (Å²) in [6, 6.07) is 6.88. The van der Waals surface area contributed by atoms with Crippen molar-refractivity contribution >= 4 is 29.1 Å². The smallest absolute Gasteiger partial charge is 0.0459 e. The number of nitrogens with zero attached hydrogens (tertiary/aromatic N) is 1. The second kappa shape index (κ2) is 6.18. The number of hydrogen-bond donors (Lipinski definition) is 1. The van der Waals surface area contributed by atoms with Crippen LogP contribution in [0.15, 0.2) is 18.2 Å². The van der Waals surface area contributed by atoms with Crippen LogP contribution in [-0.2, 0) is 6.42 Å². The van der Waals surface area contributed by atoms with Crippen molar-refractivity contribution in [1.29, 1.82) is 0 Å². The Morgan fingerprint density at radius 2 is 2.33 bits per heavy atom. The van der Waals surface area contributed by atoms with E-state index in [1.165, 1.54) is 22.8 Å². The topological polar surface area (TPSA) is 29.3 Å². The molecule has 2 rings (SSSR count). The van der Waals surface area contributed by atoms with E-state index < -0.39 is 0 Å². The van der Waals surface area contributed by atoms with Crippen LogP contribution in [0, 0.1) is 0 Å². The Labute approximate surface area is 119 Å². The van der Waals surface area contributed by atoms with Crippen LogP contribution in [0.3, 0.4) is 0 Å². The van der Waals surface area contributed by atoms with E-state index in [1.54, 1.807) is 0 Å². The molecule has 2 nitrogen and oxygen atoms in total. The average molecular weight is 285 g/mol. The Hall–Kier alpha value is -0.380. The van der Waals surface area contributed by atoms with Crippen LogP contribution in [0.25, 0.3) is 0 Å². The maximum Gasteiger partial charge on any atom is 0.0459 e. The number of rotatable bonds is 3. The fraction of sp³-hybridized carbons (Fsp3) is 0.571. The lowest BCUT2D eigenvalue weighted by Crippen LogP contribution is -2.41. The maximum atomic E-state index is 6.35. The lowest BCUT2D eigenvalue weighted by Gasteiger charge is -2.36. The lowest BCUT2D eigenvalue weighted by molar-refractivity contribution is 0.684. The Kier molecular flexibility index (Phi) is 4.82. The van der Waals surface area contributed by atoms with Crippen LogP contribution in [0.2, 0.25) is 5.02 Å². The standard InChI is InChI=1S/C14H21ClN2S/c1-10(16)8-12-13(15)4-3-5-14(12)17-6-7-18-9-11(17)2/h3-5,10-11H,6-9,16H2,1-2H3. The van der Waals surface area contributed by atoms with Crippen molar-refractivity contribution in [2.45, 2.75) is 32.4 Å². The maximum absolute atomic E-state index is 6.35. The van der Waals surface area contributed by atoms with Crippen molar-refractivity contribution in [3.63, 3.8) is 0 Å². The number of nitrogens with two attached hydrogens (primary N) is 1. The zero-order chi connectivity index (χ0) is 13.1. The molecule has 1 fully saturated rings. The van der Waals surface area contributed by atoms with Crippen LogP contribution < -0.4 is 10.6 Å². The van der Waals surface area contributed by atoms with Gasteiger partial charge in [0.25, 0.3) is 0 Å². The van der Waals surface area contributed by atoms with E-state index in [-0.39, 0.29) is 6.04 Å². The van der Waals surface area contributed by atoms with Gasteiger partial charge in [-0.2, -0.15) is 11.8 Å². The van der Waals surface area contributed by atoms with Gasteiger partial charge in [-0.3, -0.25) is 0 Å². The van der Waals surface area contributed by atoms with E-state index in [0.717, 1.165) is 18.0 Å². The van der Waals surface area contributed by atoms with Gasteiger partial charge in [0.1, 0.15) is 0 Å². The largest absolute Gasteiger partial charge is 0.367 e. The molecule has 1 aliphatic heterocycles. The lowest BCUT2D eigenvalue weighted by atomic mass is 10.0. The van der Waals surface area contributed by atoms with Gasteiger partial charge in [-0.1, -0.05) is 17.7 Å². The molecule has 2 unspecified atom stereocenters. The minimum Gasteiger partial charge on any atom is -0.367 e. The molecular weight excluding hydrogens is 264 g/mol. The highest BCUT2D eigenvalue weighted by molar-refractivity contribution is 7.99. The van der Waals surface area contributed by atoms with E-state index in [9.17, 15) is 0 Å². The van der Waals surface area contributed by atoms with Crippen molar-refractivity contribution in [1.82, 2.24) is 0 Å². The molecule has 0 aliphatic carbocycles. The Bertz CT molecular complexity index is 409. The molecule has 1 heterocycles. The number of anilines is 1. The van der Waals surface area contributed by atoms with Crippen LogP contribution in [0.1, 0.15) is 19.4 Å². The quantitative estimate of drug-likeness (QED) is 0.924. The van der Waals surface area contributed by atoms with Gasteiger partial charge in [0.15, 0.2) is 0 Å². The molecule has 1 aliphatic rings. The predicted octanol–water partition coefficient (Wildman–Crippen LogP) is 3.17. The molecule has 4 heteroatoms. The normalized spacial score (nSPS) is 22.0. The molecule has 0 bridgehead atoms. The summed E-state index contributed by atoms with van der Waals surface area (Å²) in [5, 5.41) is 0.843. The van der Waals surface area contributed by atoms with E-state index in [0.29, 0.717) is 6.04 Å². The Morgan fingerprint density at radius 1 is 1.56 bits per heavy atom. The van der Waals surface area contributed by atoms with E-state index in [2.05, 4.69) is 17.9 Å². The zero-order valence-electron chi connectivity index (χ0n) is 11.0. The third-order valence-corrected chi connectivity index (χ3v) is 4.84. The van der Waals surface area contributed by atoms with Gasteiger partial charge in [-0.25, -0.2) is 0 Å². The fourth-order valence-corrected chi connectivity index (χ4v) is 3.69. The summed E-state index contributed by atoms with van der Waals surface area (Å²) in [7, 11) is 0. The van der Waals surface area contributed by atoms with Gasteiger partial charge < -0.3 is 10.6 Å². The van der Waals surface area contributed by atoms with Gasteiger partial charge in [-0.05, 0) is 38.0 Å². The van der Waals surface area contributed by atoms with Crippen molar-refractivity contribution in [2.24, 2.45) is 5.73 Å². The fourth-order valence-electron chi connectivity index (χ4n) is 2.43. The van der Waals surface area contributed by atoms with Crippen LogP contribution in [-0.4, -0.2) is 30.1 Å². The second-order valence-corrected chi connectivity index (χ2v) is 6.59. The monoisotopic (exact) mass is 284 g/mol. The van der Waals surface area contributed by atoms with Crippen LogP contribution >= 0.6 is 23.4 Å². The summed E-state index contributed by atoms with van der Waals surface area (Å²) in [4.78, 5) is 2.47. The Balaban J connectivity index is 2.33. The average Bonchev–Trinajstić information content (AvgIpc) is 2.32. The highest BCUT2D eigenvalue weighted by atomic mass is 35.5. The summed E-state index contributed by atoms with van der Waals surface area (Å²) >= 11 is 8.38. The molecule has 0 amide bonds. The highest BCUT2D eigenvalue weighted by Gasteiger charge is 2.22. The molecule has 0 radical (unpaired) electrons. The number of halogens is 1. The first-order valence-electron chi connectivity index (χ1n) is 6.47. The molecular formula is C14H21ClN2S. The summed E-state index contributed by atoms with van der Waals surface area (Å²) in [6.45, 7) is 5.41. The molecule has 2 N–H and O–H groups in total. The van der Waals surface area contributed by atoms with Crippen LogP contribution in [0.5, 0.6) is 0 Å². The van der Waals surface area contributed by atoms with Gasteiger partial charge in [0.2, 0.25) is 0 Å². The highest BCUT2D eigenvalue weighted by Crippen LogP contribution is 2.32. The summed E-state index contributed by atoms with van der Waals surface area (Å²) in [5.41, 5.74) is 8.42. The third-order valence-electron chi connectivity index (χ3n) is 3.30. The second-order valence-electron chi connectivity index (χ2n) is 5.04. The third kappa shape index (κ3) is 3.14. The first kappa shape index (κ1) is 14.0. The molecule has 1 aromatic carbocycles. The molecule has 1 saturated heterocycles. The molecule has 0 aromatic heterocycles. The minimum absolute atomic E-state index is 0.137. The Morgan fingerprint density at radius 3 is 3.00 bits per heavy atom. The molecule has 0 spiro atoms. The van der Waals surface area contributed by atoms with Crippen LogP contribution in [0.4, 0.5) is 5.69 Å². The summed E-state index contributed by atoms with van der Waals surface area (Å²) in [5.74, 6) is 2.37. The molecule has 0 saturated carbocycles. The van der Waals surface area contributed by atoms with Crippen molar-refractivity contribution < 1.29 is 0 Å². The number of thioether (sulfide) groups is 1. The first-order valence-corrected chi connectivity index (χ1v) is 8.00. The molecule has 100 valence electrons. The molecule has 1 aromatic rings. The first-order chi connectivity index (χ1) is 8.59. The minimum atomic E-state index is 0.137. The molecule has 2 atom stereocenters. The van der Waals surface area contributed by atoms with Gasteiger partial charge in [-0.15, -0.1) is 0 Å². The van der Waals surface area contributed by atoms with E-state index in [4.69, 9.17) is 17.3 Å². The van der Waals surface area contributed by atoms with Crippen molar-refractivity contribution in [2.75, 3.05) is 23.0 Å². The van der Waals surface area contributed by atoms with E-state index >= 15 is 0 Å². The summed E-state index contributed by atoms with van der Waals surface area (Å²) in [6.07, 6.45) is 0.839. The number of hydrogen-bond acceptors (Lipinski definition) is 3. The SMILES string of the molecule is CC(N)Cc1c(Cl)cccc1N1CCSCC1C. The van der Waals surface area contributed by atoms with E-state index in [1.807, 2.05) is 30.8 Å². The van der Waals surface area contributed by atoms with Gasteiger partial charge in [0.05, 0.1) is 0 Å². The summed E-state index contributed by atoms with van der Waals surface area (Å²) < 4.78 is 0. The van der Waals surface area contributed by atoms with Crippen molar-refractivity contribution in [3.8, 4) is 0 Å². The molecule has 18 heavy (non-hydrogen) atoms. The zero-order valence-corrected chi connectivity index (χ0v) is 12.6.